The predicted molar refractivity (Wildman–Crippen MR) is 64.8 cm³/mol. The molecule has 1 saturated carbocycles. The van der Waals surface area contributed by atoms with Gasteiger partial charge in [-0.15, -0.1) is 0 Å². The van der Waals surface area contributed by atoms with E-state index in [0.717, 1.165) is 18.2 Å². The molecule has 0 aromatic heterocycles. The summed E-state index contributed by atoms with van der Waals surface area (Å²) in [6.07, 6.45) is 5.25. The summed E-state index contributed by atoms with van der Waals surface area (Å²) in [5, 5.41) is 0.871. The maximum atomic E-state index is 13.6. The Balaban J connectivity index is 2.22. The Kier molecular flexibility index (Phi) is 3.63. The van der Waals surface area contributed by atoms with Crippen LogP contribution in [-0.4, -0.2) is 5.33 Å². The maximum absolute atomic E-state index is 13.6. The van der Waals surface area contributed by atoms with Crippen molar-refractivity contribution >= 4 is 15.9 Å². The van der Waals surface area contributed by atoms with Crippen LogP contribution in [0.2, 0.25) is 0 Å². The van der Waals surface area contributed by atoms with Gasteiger partial charge in [0.1, 0.15) is 0 Å². The Morgan fingerprint density at radius 3 is 2.50 bits per heavy atom. The molecule has 1 fully saturated rings. The Bertz CT molecular complexity index is 370. The minimum absolute atomic E-state index is 0.134. The van der Waals surface area contributed by atoms with E-state index >= 15 is 0 Å². The minimum Gasteiger partial charge on any atom is -0.204 e. The van der Waals surface area contributed by atoms with Crippen LogP contribution in [0.3, 0.4) is 0 Å². The fraction of sp³-hybridized carbons (Fsp3) is 0.538. The molecule has 0 heterocycles. The van der Waals surface area contributed by atoms with Crippen molar-refractivity contribution in [3.8, 4) is 0 Å². The topological polar surface area (TPSA) is 0 Å². The standard InChI is InChI=1S/C13H15BrF2/c14-9-13(6-1-2-7-13)8-10-4-3-5-11(15)12(10)16/h3-5H,1-2,6-9H2. The van der Waals surface area contributed by atoms with Crippen LogP contribution >= 0.6 is 15.9 Å². The predicted octanol–water partition coefficient (Wildman–Crippen LogP) is 4.46. The molecule has 1 aliphatic rings. The smallest absolute Gasteiger partial charge is 0.162 e. The fourth-order valence-corrected chi connectivity index (χ4v) is 3.33. The van der Waals surface area contributed by atoms with Gasteiger partial charge in [-0.25, -0.2) is 8.78 Å². The van der Waals surface area contributed by atoms with E-state index in [0.29, 0.717) is 12.0 Å². The van der Waals surface area contributed by atoms with E-state index < -0.39 is 11.6 Å². The number of halogens is 3. The molecule has 88 valence electrons. The van der Waals surface area contributed by atoms with E-state index in [2.05, 4.69) is 15.9 Å². The molecule has 0 spiro atoms. The summed E-state index contributed by atoms with van der Waals surface area (Å²) >= 11 is 3.52. The molecule has 2 rings (SSSR count). The summed E-state index contributed by atoms with van der Waals surface area (Å²) in [5.41, 5.74) is 0.649. The quantitative estimate of drug-likeness (QED) is 0.720. The summed E-state index contributed by atoms with van der Waals surface area (Å²) in [7, 11) is 0. The van der Waals surface area contributed by atoms with Gasteiger partial charge in [0.05, 0.1) is 0 Å². The second-order valence-electron chi connectivity index (χ2n) is 4.73. The Hall–Kier alpha value is -0.440. The molecule has 0 aliphatic heterocycles. The van der Waals surface area contributed by atoms with E-state index in [1.54, 1.807) is 12.1 Å². The molecule has 0 radical (unpaired) electrons. The summed E-state index contributed by atoms with van der Waals surface area (Å²) in [6, 6.07) is 4.46. The SMILES string of the molecule is Fc1cccc(CC2(CBr)CCCC2)c1F. The molecule has 0 nitrogen and oxygen atoms in total. The molecule has 16 heavy (non-hydrogen) atoms. The van der Waals surface area contributed by atoms with Crippen molar-refractivity contribution in [3.05, 3.63) is 35.4 Å². The lowest BCUT2D eigenvalue weighted by atomic mass is 9.82. The van der Waals surface area contributed by atoms with Crippen LogP contribution < -0.4 is 0 Å². The molecule has 0 saturated heterocycles. The zero-order valence-electron chi connectivity index (χ0n) is 9.11. The second kappa shape index (κ2) is 4.82. The summed E-state index contributed by atoms with van der Waals surface area (Å²) < 4.78 is 26.7. The molecule has 1 aromatic carbocycles. The van der Waals surface area contributed by atoms with Gasteiger partial charge in [-0.1, -0.05) is 40.9 Å². The average molecular weight is 289 g/mol. The van der Waals surface area contributed by atoms with E-state index in [1.165, 1.54) is 18.9 Å². The third kappa shape index (κ3) is 2.29. The van der Waals surface area contributed by atoms with Gasteiger partial charge in [0, 0.05) is 5.33 Å². The van der Waals surface area contributed by atoms with Gasteiger partial charge in [-0.3, -0.25) is 0 Å². The van der Waals surface area contributed by atoms with E-state index in [9.17, 15) is 8.78 Å². The van der Waals surface area contributed by atoms with E-state index in [4.69, 9.17) is 0 Å². The van der Waals surface area contributed by atoms with Gasteiger partial charge in [0.25, 0.3) is 0 Å². The lowest BCUT2D eigenvalue weighted by Gasteiger charge is -2.26. The van der Waals surface area contributed by atoms with Crippen molar-refractivity contribution in [1.82, 2.24) is 0 Å². The van der Waals surface area contributed by atoms with Crippen molar-refractivity contribution in [2.45, 2.75) is 32.1 Å². The summed E-state index contributed by atoms with van der Waals surface area (Å²) in [5.74, 6) is -1.41. The molecule has 0 atom stereocenters. The highest BCUT2D eigenvalue weighted by molar-refractivity contribution is 9.09. The van der Waals surface area contributed by atoms with Gasteiger partial charge < -0.3 is 0 Å². The minimum atomic E-state index is -0.736. The molecular weight excluding hydrogens is 274 g/mol. The summed E-state index contributed by atoms with van der Waals surface area (Å²) in [6.45, 7) is 0. The van der Waals surface area contributed by atoms with Crippen molar-refractivity contribution in [3.63, 3.8) is 0 Å². The third-order valence-electron chi connectivity index (χ3n) is 3.54. The molecule has 0 amide bonds. The largest absolute Gasteiger partial charge is 0.204 e. The molecule has 0 N–H and O–H groups in total. The zero-order valence-corrected chi connectivity index (χ0v) is 10.7. The van der Waals surface area contributed by atoms with Crippen LogP contribution in [0, 0.1) is 17.0 Å². The van der Waals surface area contributed by atoms with Crippen LogP contribution in [0.1, 0.15) is 31.2 Å². The Labute approximate surface area is 103 Å². The zero-order chi connectivity index (χ0) is 11.6. The lowest BCUT2D eigenvalue weighted by Crippen LogP contribution is -2.22. The van der Waals surface area contributed by atoms with E-state index in [-0.39, 0.29) is 5.41 Å². The number of alkyl halides is 1. The van der Waals surface area contributed by atoms with Gasteiger partial charge in [0.2, 0.25) is 0 Å². The van der Waals surface area contributed by atoms with Crippen molar-refractivity contribution in [2.75, 3.05) is 5.33 Å². The monoisotopic (exact) mass is 288 g/mol. The highest BCUT2D eigenvalue weighted by Gasteiger charge is 2.33. The van der Waals surface area contributed by atoms with Crippen molar-refractivity contribution < 1.29 is 8.78 Å². The first-order valence-electron chi connectivity index (χ1n) is 5.66. The first-order chi connectivity index (χ1) is 7.67. The molecular formula is C13H15BrF2. The van der Waals surface area contributed by atoms with E-state index in [1.807, 2.05) is 0 Å². The highest BCUT2D eigenvalue weighted by Crippen LogP contribution is 2.42. The van der Waals surface area contributed by atoms with Gasteiger partial charge in [-0.05, 0) is 36.3 Å². The first kappa shape index (κ1) is 12.0. The second-order valence-corrected chi connectivity index (χ2v) is 5.29. The Morgan fingerprint density at radius 1 is 1.19 bits per heavy atom. The molecule has 3 heteroatoms. The van der Waals surface area contributed by atoms with Crippen LogP contribution in [0.15, 0.2) is 18.2 Å². The highest BCUT2D eigenvalue weighted by atomic mass is 79.9. The Morgan fingerprint density at radius 2 is 1.88 bits per heavy atom. The van der Waals surface area contributed by atoms with Crippen LogP contribution in [0.25, 0.3) is 0 Å². The molecule has 1 aromatic rings. The fourth-order valence-electron chi connectivity index (χ4n) is 2.57. The van der Waals surface area contributed by atoms with Gasteiger partial charge in [-0.2, -0.15) is 0 Å². The van der Waals surface area contributed by atoms with Crippen LogP contribution in [-0.2, 0) is 6.42 Å². The first-order valence-corrected chi connectivity index (χ1v) is 6.78. The molecule has 1 aliphatic carbocycles. The van der Waals surface area contributed by atoms with Crippen LogP contribution in [0.5, 0.6) is 0 Å². The van der Waals surface area contributed by atoms with Crippen molar-refractivity contribution in [2.24, 2.45) is 5.41 Å². The maximum Gasteiger partial charge on any atom is 0.162 e. The van der Waals surface area contributed by atoms with Gasteiger partial charge >= 0.3 is 0 Å². The normalized spacial score (nSPS) is 18.9. The number of hydrogen-bond acceptors (Lipinski definition) is 0. The number of benzene rings is 1. The number of rotatable bonds is 3. The molecule has 0 bridgehead atoms. The summed E-state index contributed by atoms with van der Waals surface area (Å²) in [4.78, 5) is 0. The van der Waals surface area contributed by atoms with Crippen molar-refractivity contribution in [1.29, 1.82) is 0 Å². The van der Waals surface area contributed by atoms with Crippen LogP contribution in [0.4, 0.5) is 8.78 Å². The lowest BCUT2D eigenvalue weighted by molar-refractivity contribution is 0.338. The average Bonchev–Trinajstić information content (AvgIpc) is 2.74. The third-order valence-corrected chi connectivity index (χ3v) is 4.73. The van der Waals surface area contributed by atoms with Gasteiger partial charge in [0.15, 0.2) is 11.6 Å². The molecule has 0 unspecified atom stereocenters. The number of hydrogen-bond donors (Lipinski definition) is 0.